The zero-order chi connectivity index (χ0) is 13.0. The molecule has 0 amide bonds. The maximum Gasteiger partial charge on any atom is 0.338 e. The summed E-state index contributed by atoms with van der Waals surface area (Å²) in [6.45, 7) is 6.97. The van der Waals surface area contributed by atoms with Crippen molar-refractivity contribution in [1.82, 2.24) is 0 Å². The van der Waals surface area contributed by atoms with E-state index >= 15 is 0 Å². The van der Waals surface area contributed by atoms with Gasteiger partial charge in [0.05, 0.1) is 6.61 Å². The fraction of sp³-hybridized carbons (Fsp3) is 0.250. The number of aromatic hydroxyl groups is 2. The van der Waals surface area contributed by atoms with Crippen LogP contribution in [0, 0.1) is 0 Å². The molecule has 0 aliphatic rings. The molecule has 5 nitrogen and oxygen atoms in total. The lowest BCUT2D eigenvalue weighted by molar-refractivity contribution is -0.130. The number of ether oxygens (including phenoxy) is 2. The molecule has 0 heterocycles. The first-order valence-corrected chi connectivity index (χ1v) is 5.02. The second kappa shape index (κ2) is 5.25. The second-order valence-electron chi connectivity index (χ2n) is 3.36. The Morgan fingerprint density at radius 2 is 1.82 bits per heavy atom. The van der Waals surface area contributed by atoms with Gasteiger partial charge in [0.25, 0.3) is 0 Å². The Morgan fingerprint density at radius 1 is 1.29 bits per heavy atom. The number of phenols is 2. The van der Waals surface area contributed by atoms with Gasteiger partial charge in [-0.15, -0.1) is 0 Å². The fourth-order valence-corrected chi connectivity index (χ4v) is 1.08. The van der Waals surface area contributed by atoms with Crippen LogP contribution in [0.4, 0.5) is 0 Å². The van der Waals surface area contributed by atoms with Gasteiger partial charge in [0.2, 0.25) is 11.5 Å². The van der Waals surface area contributed by atoms with Gasteiger partial charge in [0.15, 0.2) is 11.5 Å². The van der Waals surface area contributed by atoms with Crippen molar-refractivity contribution in [1.29, 1.82) is 0 Å². The van der Waals surface area contributed by atoms with Gasteiger partial charge in [-0.3, -0.25) is 0 Å². The van der Waals surface area contributed by atoms with Crippen molar-refractivity contribution >= 4 is 5.97 Å². The number of benzene rings is 1. The van der Waals surface area contributed by atoms with E-state index in [1.807, 2.05) is 0 Å². The molecule has 92 valence electrons. The Hall–Kier alpha value is -2.17. The van der Waals surface area contributed by atoms with E-state index in [1.165, 1.54) is 19.1 Å². The molecular formula is C12H14O5. The molecule has 0 aliphatic carbocycles. The molecule has 1 aromatic rings. The summed E-state index contributed by atoms with van der Waals surface area (Å²) in [6.07, 6.45) is 0. The van der Waals surface area contributed by atoms with Gasteiger partial charge in [-0.1, -0.05) is 6.58 Å². The molecule has 17 heavy (non-hydrogen) atoms. The molecule has 0 saturated carbocycles. The number of esters is 1. The molecule has 1 aromatic carbocycles. The van der Waals surface area contributed by atoms with E-state index in [0.29, 0.717) is 6.61 Å². The van der Waals surface area contributed by atoms with E-state index in [9.17, 15) is 15.0 Å². The van der Waals surface area contributed by atoms with E-state index < -0.39 is 17.5 Å². The van der Waals surface area contributed by atoms with Crippen molar-refractivity contribution in [3.63, 3.8) is 0 Å². The van der Waals surface area contributed by atoms with Crippen molar-refractivity contribution in [3.8, 4) is 23.0 Å². The van der Waals surface area contributed by atoms with Crippen molar-refractivity contribution in [2.45, 2.75) is 13.8 Å². The minimum Gasteiger partial charge on any atom is -0.502 e. The largest absolute Gasteiger partial charge is 0.502 e. The van der Waals surface area contributed by atoms with Crippen LogP contribution in [0.15, 0.2) is 24.3 Å². The molecule has 0 aromatic heterocycles. The summed E-state index contributed by atoms with van der Waals surface area (Å²) in [5.41, 5.74) is 0.192. The number of hydrogen-bond acceptors (Lipinski definition) is 5. The van der Waals surface area contributed by atoms with Gasteiger partial charge in [0, 0.05) is 5.57 Å². The first kappa shape index (κ1) is 12.9. The van der Waals surface area contributed by atoms with Crippen molar-refractivity contribution in [2.75, 3.05) is 6.61 Å². The van der Waals surface area contributed by atoms with Crippen molar-refractivity contribution < 1.29 is 24.5 Å². The van der Waals surface area contributed by atoms with Crippen LogP contribution in [0.25, 0.3) is 0 Å². The lowest BCUT2D eigenvalue weighted by Crippen LogP contribution is -2.08. The second-order valence-corrected chi connectivity index (χ2v) is 3.36. The number of phenolic OH excluding ortho intramolecular Hbond substituents is 2. The summed E-state index contributed by atoms with van der Waals surface area (Å²) in [7, 11) is 0. The maximum atomic E-state index is 11.2. The summed E-state index contributed by atoms with van der Waals surface area (Å²) in [4.78, 5) is 11.2. The average molecular weight is 238 g/mol. The predicted octanol–water partition coefficient (Wildman–Crippen LogP) is 1.98. The number of carbonyl (C=O) groups excluding carboxylic acids is 1. The van der Waals surface area contributed by atoms with Gasteiger partial charge in [-0.25, -0.2) is 4.79 Å². The Balaban J connectivity index is 3.00. The maximum absolute atomic E-state index is 11.2. The minimum absolute atomic E-state index is 0.125. The Labute approximate surface area is 98.9 Å². The molecule has 5 heteroatoms. The van der Waals surface area contributed by atoms with Crippen LogP contribution in [-0.2, 0) is 4.79 Å². The smallest absolute Gasteiger partial charge is 0.338 e. The monoisotopic (exact) mass is 238 g/mol. The molecular weight excluding hydrogens is 224 g/mol. The number of hydrogen-bond donors (Lipinski definition) is 2. The first-order valence-electron chi connectivity index (χ1n) is 5.02. The van der Waals surface area contributed by atoms with Crippen LogP contribution in [0.1, 0.15) is 13.8 Å². The Kier molecular flexibility index (Phi) is 3.98. The van der Waals surface area contributed by atoms with Gasteiger partial charge < -0.3 is 19.7 Å². The predicted molar refractivity (Wildman–Crippen MR) is 61.4 cm³/mol. The SMILES string of the molecule is C=C(C)C(=O)Oc1ccc(OCC)c(O)c1O. The van der Waals surface area contributed by atoms with E-state index in [1.54, 1.807) is 6.92 Å². The van der Waals surface area contributed by atoms with Gasteiger partial charge >= 0.3 is 5.97 Å². The molecule has 0 fully saturated rings. The van der Waals surface area contributed by atoms with Crippen molar-refractivity contribution in [3.05, 3.63) is 24.3 Å². The van der Waals surface area contributed by atoms with Gasteiger partial charge in [0.1, 0.15) is 0 Å². The molecule has 0 radical (unpaired) electrons. The summed E-state index contributed by atoms with van der Waals surface area (Å²) in [6, 6.07) is 2.74. The fourth-order valence-electron chi connectivity index (χ4n) is 1.08. The van der Waals surface area contributed by atoms with E-state index in [-0.39, 0.29) is 17.1 Å². The third-order valence-corrected chi connectivity index (χ3v) is 1.93. The van der Waals surface area contributed by atoms with Crippen LogP contribution in [-0.4, -0.2) is 22.8 Å². The number of rotatable bonds is 4. The first-order chi connectivity index (χ1) is 7.97. The lowest BCUT2D eigenvalue weighted by atomic mass is 10.2. The van der Waals surface area contributed by atoms with Crippen LogP contribution >= 0.6 is 0 Å². The summed E-state index contributed by atoms with van der Waals surface area (Å²) in [5.74, 6) is -1.69. The quantitative estimate of drug-likeness (QED) is 0.363. The molecule has 0 spiro atoms. The molecule has 0 unspecified atom stereocenters. The molecule has 0 bridgehead atoms. The Bertz CT molecular complexity index is 450. The highest BCUT2D eigenvalue weighted by atomic mass is 16.5. The normalized spacial score (nSPS) is 9.76. The Morgan fingerprint density at radius 3 is 2.35 bits per heavy atom. The van der Waals surface area contributed by atoms with E-state index in [2.05, 4.69) is 6.58 Å². The van der Waals surface area contributed by atoms with Gasteiger partial charge in [-0.2, -0.15) is 0 Å². The molecule has 0 saturated heterocycles. The zero-order valence-corrected chi connectivity index (χ0v) is 9.69. The highest BCUT2D eigenvalue weighted by Gasteiger charge is 2.16. The molecule has 0 atom stereocenters. The average Bonchev–Trinajstić information content (AvgIpc) is 2.28. The van der Waals surface area contributed by atoms with Crippen LogP contribution in [0.5, 0.6) is 23.0 Å². The third kappa shape index (κ3) is 2.90. The molecule has 0 aliphatic heterocycles. The van der Waals surface area contributed by atoms with Crippen molar-refractivity contribution in [2.24, 2.45) is 0 Å². The highest BCUT2D eigenvalue weighted by Crippen LogP contribution is 2.42. The lowest BCUT2D eigenvalue weighted by Gasteiger charge is -2.10. The number of carbonyl (C=O) groups is 1. The van der Waals surface area contributed by atoms with Crippen LogP contribution < -0.4 is 9.47 Å². The summed E-state index contributed by atoms with van der Waals surface area (Å²) < 4.78 is 9.87. The third-order valence-electron chi connectivity index (χ3n) is 1.93. The van der Waals surface area contributed by atoms with Crippen LogP contribution in [0.3, 0.4) is 0 Å². The minimum atomic E-state index is -0.677. The van der Waals surface area contributed by atoms with E-state index in [0.717, 1.165) is 0 Å². The topological polar surface area (TPSA) is 76.0 Å². The molecule has 2 N–H and O–H groups in total. The van der Waals surface area contributed by atoms with Gasteiger partial charge in [-0.05, 0) is 26.0 Å². The molecule has 1 rings (SSSR count). The van der Waals surface area contributed by atoms with E-state index in [4.69, 9.17) is 9.47 Å². The standard InChI is InChI=1S/C12H14O5/c1-4-16-8-5-6-9(11(14)10(8)13)17-12(15)7(2)3/h5-6,13-14H,2,4H2,1,3H3. The highest BCUT2D eigenvalue weighted by molar-refractivity contribution is 5.89. The summed E-state index contributed by atoms with van der Waals surface area (Å²) in [5, 5.41) is 19.2. The zero-order valence-electron chi connectivity index (χ0n) is 9.69. The van der Waals surface area contributed by atoms with Crippen LogP contribution in [0.2, 0.25) is 0 Å². The summed E-state index contributed by atoms with van der Waals surface area (Å²) >= 11 is 0.